The minimum atomic E-state index is -1.07. The first-order valence-corrected chi connectivity index (χ1v) is 12.4. The lowest BCUT2D eigenvalue weighted by atomic mass is 9.95. The lowest BCUT2D eigenvalue weighted by Gasteiger charge is -2.24. The molecule has 0 spiro atoms. The van der Waals surface area contributed by atoms with E-state index in [1.807, 2.05) is 6.92 Å². The van der Waals surface area contributed by atoms with E-state index in [1.165, 1.54) is 42.6 Å². The topological polar surface area (TPSA) is 128 Å². The lowest BCUT2D eigenvalue weighted by molar-refractivity contribution is -0.132. The number of ether oxygens (including phenoxy) is 3. The number of carbonyl (C=O) groups is 3. The standard InChI is InChI=1S/C27H25N3O7S/c1-5-13-37-26(34)24-15(3)29-27(38-24)30-21(17-7-8-18(36-6-2)19(14-17)35-4)20(23(32)25(30)33)22(31)16-9-11-28-12-10-16/h5,7-12,14,21,31H,1,6,13H2,2-4H3/b22-20+. The van der Waals surface area contributed by atoms with Gasteiger partial charge in [0.2, 0.25) is 0 Å². The van der Waals surface area contributed by atoms with E-state index in [-0.39, 0.29) is 27.9 Å². The molecule has 1 unspecified atom stereocenters. The number of benzene rings is 1. The van der Waals surface area contributed by atoms with Crippen molar-refractivity contribution >= 4 is 39.9 Å². The van der Waals surface area contributed by atoms with Gasteiger partial charge in [-0.3, -0.25) is 19.5 Å². The second-order valence-corrected chi connectivity index (χ2v) is 9.02. The molecule has 1 aromatic carbocycles. The van der Waals surface area contributed by atoms with Gasteiger partial charge in [-0.2, -0.15) is 0 Å². The van der Waals surface area contributed by atoms with Gasteiger partial charge in [0.15, 0.2) is 16.6 Å². The lowest BCUT2D eigenvalue weighted by Crippen LogP contribution is -2.29. The second-order valence-electron chi connectivity index (χ2n) is 8.05. The average Bonchev–Trinajstić information content (AvgIpc) is 3.44. The molecule has 3 heterocycles. The number of amides is 1. The molecule has 4 rings (SSSR count). The van der Waals surface area contributed by atoms with Gasteiger partial charge < -0.3 is 19.3 Å². The predicted molar refractivity (Wildman–Crippen MR) is 141 cm³/mol. The van der Waals surface area contributed by atoms with Crippen molar-refractivity contribution in [3.63, 3.8) is 0 Å². The number of aliphatic hydroxyl groups excluding tert-OH is 1. The summed E-state index contributed by atoms with van der Waals surface area (Å²) in [5.41, 5.74) is 0.961. The summed E-state index contributed by atoms with van der Waals surface area (Å²) in [5.74, 6) is -1.95. The van der Waals surface area contributed by atoms with Crippen molar-refractivity contribution in [2.45, 2.75) is 19.9 Å². The predicted octanol–water partition coefficient (Wildman–Crippen LogP) is 4.22. The Morgan fingerprint density at radius 1 is 1.21 bits per heavy atom. The number of carbonyl (C=O) groups excluding carboxylic acids is 3. The molecule has 1 amide bonds. The third kappa shape index (κ3) is 4.88. The Balaban J connectivity index is 1.91. The Bertz CT molecular complexity index is 1430. The minimum absolute atomic E-state index is 0.00786. The number of methoxy groups -OCH3 is 1. The van der Waals surface area contributed by atoms with E-state index >= 15 is 0 Å². The van der Waals surface area contributed by atoms with Crippen molar-refractivity contribution in [2.24, 2.45) is 0 Å². The van der Waals surface area contributed by atoms with Crippen LogP contribution in [-0.2, 0) is 14.3 Å². The highest BCUT2D eigenvalue weighted by Gasteiger charge is 2.48. The van der Waals surface area contributed by atoms with Gasteiger partial charge in [0.05, 0.1) is 31.0 Å². The molecule has 10 nitrogen and oxygen atoms in total. The fourth-order valence-electron chi connectivity index (χ4n) is 4.01. The highest BCUT2D eigenvalue weighted by atomic mass is 32.1. The first-order chi connectivity index (χ1) is 18.3. The van der Waals surface area contributed by atoms with E-state index in [1.54, 1.807) is 25.1 Å². The van der Waals surface area contributed by atoms with Crippen LogP contribution >= 0.6 is 11.3 Å². The van der Waals surface area contributed by atoms with Crippen LogP contribution in [0, 0.1) is 6.92 Å². The molecule has 38 heavy (non-hydrogen) atoms. The van der Waals surface area contributed by atoms with Gasteiger partial charge in [0.1, 0.15) is 17.2 Å². The number of anilines is 1. The van der Waals surface area contributed by atoms with Crippen LogP contribution in [0.1, 0.15) is 39.5 Å². The third-order valence-electron chi connectivity index (χ3n) is 5.71. The van der Waals surface area contributed by atoms with E-state index in [2.05, 4.69) is 16.5 Å². The number of nitrogens with zero attached hydrogens (tertiary/aromatic N) is 3. The molecule has 0 saturated carbocycles. The van der Waals surface area contributed by atoms with Crippen LogP contribution in [-0.4, -0.2) is 53.1 Å². The van der Waals surface area contributed by atoms with E-state index in [9.17, 15) is 19.5 Å². The van der Waals surface area contributed by atoms with Crippen molar-refractivity contribution in [1.29, 1.82) is 0 Å². The number of aryl methyl sites for hydroxylation is 1. The molecule has 0 radical (unpaired) electrons. The number of pyridine rings is 1. The summed E-state index contributed by atoms with van der Waals surface area (Å²) in [5, 5.41) is 11.3. The summed E-state index contributed by atoms with van der Waals surface area (Å²) in [7, 11) is 1.47. The molecule has 2 aromatic heterocycles. The normalized spacial score (nSPS) is 16.4. The van der Waals surface area contributed by atoms with Crippen molar-refractivity contribution in [2.75, 3.05) is 25.2 Å². The monoisotopic (exact) mass is 535 g/mol. The zero-order valence-electron chi connectivity index (χ0n) is 21.0. The fraction of sp³-hybridized carbons (Fsp3) is 0.222. The molecular weight excluding hydrogens is 510 g/mol. The van der Waals surface area contributed by atoms with Gasteiger partial charge in [-0.1, -0.05) is 30.1 Å². The highest BCUT2D eigenvalue weighted by molar-refractivity contribution is 7.17. The van der Waals surface area contributed by atoms with Crippen molar-refractivity contribution in [1.82, 2.24) is 9.97 Å². The van der Waals surface area contributed by atoms with Crippen molar-refractivity contribution < 1.29 is 33.7 Å². The highest BCUT2D eigenvalue weighted by Crippen LogP contribution is 2.45. The van der Waals surface area contributed by atoms with Crippen LogP contribution in [0.15, 0.2) is 61.0 Å². The fourth-order valence-corrected chi connectivity index (χ4v) is 5.00. The number of hydrogen-bond donors (Lipinski definition) is 1. The first kappa shape index (κ1) is 26.6. The molecular formula is C27H25N3O7S. The van der Waals surface area contributed by atoms with Crippen LogP contribution in [0.2, 0.25) is 0 Å². The Morgan fingerprint density at radius 3 is 2.61 bits per heavy atom. The molecule has 1 N–H and O–H groups in total. The molecule has 0 bridgehead atoms. The zero-order chi connectivity index (χ0) is 27.4. The number of aliphatic hydroxyl groups is 1. The van der Waals surface area contributed by atoms with Gasteiger partial charge in [-0.25, -0.2) is 9.78 Å². The maximum atomic E-state index is 13.4. The SMILES string of the molecule is C=CCOC(=O)c1sc(N2C(=O)C(=O)/C(=C(/O)c3ccncc3)C2c2ccc(OCC)c(OC)c2)nc1C. The Hall–Kier alpha value is -4.51. The number of Topliss-reactive ketones (excluding diaryl/α,β-unsaturated/α-hetero) is 1. The van der Waals surface area contributed by atoms with E-state index in [0.29, 0.717) is 34.9 Å². The minimum Gasteiger partial charge on any atom is -0.507 e. The van der Waals surface area contributed by atoms with E-state index in [0.717, 1.165) is 11.3 Å². The van der Waals surface area contributed by atoms with Gasteiger partial charge in [-0.15, -0.1) is 0 Å². The Morgan fingerprint density at radius 2 is 1.95 bits per heavy atom. The third-order valence-corrected chi connectivity index (χ3v) is 6.85. The molecule has 1 atom stereocenters. The van der Waals surface area contributed by atoms with Gasteiger partial charge in [0.25, 0.3) is 5.78 Å². The zero-order valence-corrected chi connectivity index (χ0v) is 21.8. The molecule has 1 aliphatic rings. The molecule has 1 aliphatic heterocycles. The second kappa shape index (κ2) is 11.3. The quantitative estimate of drug-likeness (QED) is 0.141. The summed E-state index contributed by atoms with van der Waals surface area (Å²) < 4.78 is 16.2. The first-order valence-electron chi connectivity index (χ1n) is 11.6. The van der Waals surface area contributed by atoms with E-state index in [4.69, 9.17) is 14.2 Å². The molecule has 1 fully saturated rings. The molecule has 11 heteroatoms. The van der Waals surface area contributed by atoms with Crippen LogP contribution in [0.5, 0.6) is 11.5 Å². The number of ketones is 1. The van der Waals surface area contributed by atoms with E-state index < -0.39 is 23.7 Å². The Labute approximate surface area is 222 Å². The summed E-state index contributed by atoms with van der Waals surface area (Å²) in [6.45, 7) is 7.38. The largest absolute Gasteiger partial charge is 0.507 e. The summed E-state index contributed by atoms with van der Waals surface area (Å²) in [6.07, 6.45) is 4.36. The van der Waals surface area contributed by atoms with Gasteiger partial charge in [0, 0.05) is 18.0 Å². The Kier molecular flexibility index (Phi) is 7.87. The van der Waals surface area contributed by atoms with Crippen molar-refractivity contribution in [3.05, 3.63) is 82.7 Å². The van der Waals surface area contributed by atoms with Crippen LogP contribution < -0.4 is 14.4 Å². The molecule has 3 aromatic rings. The number of aromatic nitrogens is 2. The van der Waals surface area contributed by atoms with Gasteiger partial charge in [-0.05, 0) is 43.7 Å². The molecule has 196 valence electrons. The van der Waals surface area contributed by atoms with Gasteiger partial charge >= 0.3 is 11.9 Å². The number of thiazole rings is 1. The maximum absolute atomic E-state index is 13.4. The summed E-state index contributed by atoms with van der Waals surface area (Å²) in [6, 6.07) is 6.95. The number of rotatable bonds is 9. The van der Waals surface area contributed by atoms with Crippen LogP contribution in [0.4, 0.5) is 5.13 Å². The number of esters is 1. The molecule has 1 saturated heterocycles. The van der Waals surface area contributed by atoms with Crippen molar-refractivity contribution in [3.8, 4) is 11.5 Å². The number of hydrogen-bond acceptors (Lipinski definition) is 10. The average molecular weight is 536 g/mol. The summed E-state index contributed by atoms with van der Waals surface area (Å²) in [4.78, 5) is 49.0. The van der Waals surface area contributed by atoms with Crippen LogP contribution in [0.25, 0.3) is 5.76 Å². The summed E-state index contributed by atoms with van der Waals surface area (Å²) >= 11 is 0.913. The smallest absolute Gasteiger partial charge is 0.350 e. The van der Waals surface area contributed by atoms with Crippen LogP contribution in [0.3, 0.4) is 0 Å². The molecule has 0 aliphatic carbocycles. The maximum Gasteiger partial charge on any atom is 0.350 e.